The molecule has 1 heterocycles. The highest BCUT2D eigenvalue weighted by molar-refractivity contribution is 5.81. The highest BCUT2D eigenvalue weighted by Crippen LogP contribution is 2.70. The first-order chi connectivity index (χ1) is 41.6. The summed E-state index contributed by atoms with van der Waals surface area (Å²) in [5, 5.41) is 158. The number of aliphatic hydroxyl groups is 14. The summed E-state index contributed by atoms with van der Waals surface area (Å²) >= 11 is 0. The standard InChI is InChI=1S/C66H113N3O19/c1-33(39-11-13-41-53-43(29-49(77)65(39,41)5)63(3)19-17-37(72)25-35(63)27-45(53)74)9-15-51(79)67-21-7-23-69(24-8-22-68-61(86)58(84)57(83)60(47(76)31-70)88-62-59(85)56(82)55(81)48(32-71)87-62)52(80)16-10-34(2)40-12-14-42-54-44(30-50(78)66(40,42)6)64(4)20-18-38(73)26-36(64)28-46(54)75/h33-50,53-60,62,70-78,81-85H,7-32H2,1-6H3,(H,67,79)(H,68,86)/t33?,34?,35?,36?,37-,38-,39?,40?,41?,42?,43?,44?,45-,46-,47?,48?,49+,50+,53?,54?,55?,56?,57?,58?,59?,60?,62?,63+,64+,65-,66-/m1/s1. The van der Waals surface area contributed by atoms with Gasteiger partial charge in [-0.3, -0.25) is 14.4 Å². The number of nitrogens with one attached hydrogen (secondary N) is 2. The van der Waals surface area contributed by atoms with Crippen LogP contribution in [0.4, 0.5) is 0 Å². The van der Waals surface area contributed by atoms with Gasteiger partial charge in [-0.25, -0.2) is 0 Å². The second-order valence-corrected chi connectivity index (χ2v) is 30.8. The fourth-order valence-corrected chi connectivity index (χ4v) is 21.2. The van der Waals surface area contributed by atoms with Crippen LogP contribution in [0, 0.1) is 92.7 Å². The van der Waals surface area contributed by atoms with Gasteiger partial charge in [-0.2, -0.15) is 0 Å². The Morgan fingerprint density at radius 3 is 1.58 bits per heavy atom. The summed E-state index contributed by atoms with van der Waals surface area (Å²) in [6.07, 6.45) is -7.03. The molecule has 0 aromatic carbocycles. The first kappa shape index (κ1) is 70.1. The first-order valence-electron chi connectivity index (χ1n) is 34.1. The van der Waals surface area contributed by atoms with E-state index in [1.807, 2.05) is 0 Å². The predicted octanol–water partition coefficient (Wildman–Crippen LogP) is 0.843. The molecule has 16 N–H and O–H groups in total. The van der Waals surface area contributed by atoms with Gasteiger partial charge in [0.2, 0.25) is 11.8 Å². The first-order valence-corrected chi connectivity index (χ1v) is 34.1. The number of ether oxygens (including phenoxy) is 2. The molecule has 21 unspecified atom stereocenters. The molecule has 3 amide bonds. The number of carbonyl (C=O) groups excluding carboxylic acids is 3. The van der Waals surface area contributed by atoms with Crippen LogP contribution in [0.2, 0.25) is 0 Å². The summed E-state index contributed by atoms with van der Waals surface area (Å²) in [5.41, 5.74) is -0.940. The second kappa shape index (κ2) is 28.4. The Hall–Kier alpha value is -2.23. The lowest BCUT2D eigenvalue weighted by Crippen LogP contribution is -2.62. The van der Waals surface area contributed by atoms with Crippen molar-refractivity contribution in [3.05, 3.63) is 0 Å². The normalized spacial score (nSPS) is 45.8. The fourth-order valence-electron chi connectivity index (χ4n) is 21.2. The summed E-state index contributed by atoms with van der Waals surface area (Å²) < 4.78 is 10.8. The van der Waals surface area contributed by atoms with Crippen molar-refractivity contribution in [1.29, 1.82) is 0 Å². The van der Waals surface area contributed by atoms with Crippen molar-refractivity contribution in [2.24, 2.45) is 92.7 Å². The third-order valence-corrected chi connectivity index (χ3v) is 26.5. The largest absolute Gasteiger partial charge is 0.394 e. The molecule has 31 atom stereocenters. The Balaban J connectivity index is 0.796. The molecular formula is C66H113N3O19. The van der Waals surface area contributed by atoms with Crippen LogP contribution in [0.5, 0.6) is 0 Å². The zero-order valence-corrected chi connectivity index (χ0v) is 53.2. The summed E-state index contributed by atoms with van der Waals surface area (Å²) in [5.74, 6) is 0.317. The molecule has 88 heavy (non-hydrogen) atoms. The summed E-state index contributed by atoms with van der Waals surface area (Å²) in [6, 6.07) is 0. The molecule has 1 aliphatic heterocycles. The number of fused-ring (bicyclic) bond motifs is 10. The van der Waals surface area contributed by atoms with Gasteiger partial charge in [0.05, 0.1) is 49.8 Å². The van der Waals surface area contributed by atoms with Gasteiger partial charge in [0.1, 0.15) is 42.7 Å². The Morgan fingerprint density at radius 2 is 1.09 bits per heavy atom. The van der Waals surface area contributed by atoms with Crippen LogP contribution < -0.4 is 10.6 Å². The quantitative estimate of drug-likeness (QED) is 0.0596. The minimum absolute atomic E-state index is 0.0243. The van der Waals surface area contributed by atoms with Crippen LogP contribution in [0.1, 0.15) is 170 Å². The summed E-state index contributed by atoms with van der Waals surface area (Å²) in [6.45, 7) is 12.2. The Kier molecular flexibility index (Phi) is 22.6. The van der Waals surface area contributed by atoms with Crippen LogP contribution in [-0.4, -0.2) is 225 Å². The van der Waals surface area contributed by atoms with Gasteiger partial charge < -0.3 is 96.5 Å². The third kappa shape index (κ3) is 13.3. The van der Waals surface area contributed by atoms with E-state index in [9.17, 15) is 85.9 Å². The van der Waals surface area contributed by atoms with Crippen LogP contribution in [0.25, 0.3) is 0 Å². The average molecular weight is 1250 g/mol. The van der Waals surface area contributed by atoms with E-state index in [1.54, 1.807) is 4.90 Å². The van der Waals surface area contributed by atoms with Crippen molar-refractivity contribution >= 4 is 17.7 Å². The maximum atomic E-state index is 14.4. The van der Waals surface area contributed by atoms with E-state index in [4.69, 9.17) is 9.47 Å². The molecule has 9 rings (SSSR count). The van der Waals surface area contributed by atoms with E-state index in [0.717, 1.165) is 51.4 Å². The van der Waals surface area contributed by atoms with E-state index < -0.39 is 109 Å². The molecule has 22 heteroatoms. The molecule has 8 saturated carbocycles. The average Bonchev–Trinajstić information content (AvgIpc) is 1.33. The summed E-state index contributed by atoms with van der Waals surface area (Å²) in [4.78, 5) is 43.0. The smallest absolute Gasteiger partial charge is 0.251 e. The van der Waals surface area contributed by atoms with Crippen LogP contribution in [-0.2, 0) is 23.9 Å². The lowest BCUT2D eigenvalue weighted by Gasteiger charge is -2.63. The molecule has 0 radical (unpaired) electrons. The van der Waals surface area contributed by atoms with E-state index in [-0.39, 0.29) is 151 Å². The van der Waals surface area contributed by atoms with Crippen molar-refractivity contribution in [2.45, 2.75) is 262 Å². The van der Waals surface area contributed by atoms with Gasteiger partial charge in [0.15, 0.2) is 12.4 Å². The monoisotopic (exact) mass is 1250 g/mol. The van der Waals surface area contributed by atoms with Gasteiger partial charge in [-0.1, -0.05) is 41.5 Å². The maximum Gasteiger partial charge on any atom is 0.251 e. The zero-order valence-electron chi connectivity index (χ0n) is 53.2. The highest BCUT2D eigenvalue weighted by Gasteiger charge is 2.68. The Morgan fingerprint density at radius 1 is 0.602 bits per heavy atom. The molecule has 0 aromatic heterocycles. The van der Waals surface area contributed by atoms with Gasteiger partial charge in [-0.05, 0) is 208 Å². The van der Waals surface area contributed by atoms with Crippen molar-refractivity contribution in [3.8, 4) is 0 Å². The number of carbonyl (C=O) groups is 3. The number of hydrogen-bond acceptors (Lipinski definition) is 19. The van der Waals surface area contributed by atoms with Crippen molar-refractivity contribution < 1.29 is 95.3 Å². The number of amides is 3. The van der Waals surface area contributed by atoms with Crippen LogP contribution in [0.15, 0.2) is 0 Å². The van der Waals surface area contributed by atoms with E-state index in [1.165, 1.54) is 0 Å². The maximum absolute atomic E-state index is 14.4. The molecule has 506 valence electrons. The molecule has 1 saturated heterocycles. The Bertz CT molecular complexity index is 2340. The SMILES string of the molecule is CC(CCC(=O)NCCCN(CCCNC(=O)C(O)C(O)C(OC1OC(CO)C(O)C(O)C1O)C(O)CO)C(=O)CCC(C)C1CCC2C3C(C[C@H](O)[C@]12C)[C@@]1(C)CC[C@@H](O)CC1C[C@H]3O)C1CCC2C3C(C[C@H](O)[C@]12C)[C@@]1(C)CC[C@@H](O)CC1C[C@H]3O. The van der Waals surface area contributed by atoms with Crippen molar-refractivity contribution in [2.75, 3.05) is 39.4 Å². The minimum Gasteiger partial charge on any atom is -0.394 e. The lowest BCUT2D eigenvalue weighted by molar-refractivity contribution is -0.326. The predicted molar refractivity (Wildman–Crippen MR) is 320 cm³/mol. The van der Waals surface area contributed by atoms with Gasteiger partial charge in [-0.15, -0.1) is 0 Å². The lowest BCUT2D eigenvalue weighted by atomic mass is 9.43. The number of aliphatic hydroxyl groups excluding tert-OH is 14. The number of nitrogens with zero attached hydrogens (tertiary/aromatic N) is 1. The van der Waals surface area contributed by atoms with Gasteiger partial charge in [0, 0.05) is 39.0 Å². The van der Waals surface area contributed by atoms with Gasteiger partial charge in [0.25, 0.3) is 5.91 Å². The second-order valence-electron chi connectivity index (χ2n) is 30.8. The fraction of sp³-hybridized carbons (Fsp3) is 0.955. The molecular weight excluding hydrogens is 1140 g/mol. The topological polar surface area (TPSA) is 380 Å². The molecule has 0 aromatic rings. The molecule has 22 nitrogen and oxygen atoms in total. The van der Waals surface area contributed by atoms with Crippen LogP contribution in [0.3, 0.4) is 0 Å². The molecule has 8 aliphatic carbocycles. The van der Waals surface area contributed by atoms with Crippen LogP contribution >= 0.6 is 0 Å². The number of rotatable bonds is 24. The summed E-state index contributed by atoms with van der Waals surface area (Å²) in [7, 11) is 0. The molecule has 0 bridgehead atoms. The molecule has 9 aliphatic rings. The molecule has 0 spiro atoms. The Labute approximate surface area is 520 Å². The minimum atomic E-state index is -2.27. The highest BCUT2D eigenvalue weighted by atomic mass is 16.7. The van der Waals surface area contributed by atoms with Crippen molar-refractivity contribution in [3.63, 3.8) is 0 Å². The van der Waals surface area contributed by atoms with E-state index >= 15 is 0 Å². The van der Waals surface area contributed by atoms with E-state index in [0.29, 0.717) is 57.8 Å². The van der Waals surface area contributed by atoms with E-state index in [2.05, 4.69) is 52.2 Å². The third-order valence-electron chi connectivity index (χ3n) is 26.5. The zero-order chi connectivity index (χ0) is 64.1. The van der Waals surface area contributed by atoms with Gasteiger partial charge >= 0.3 is 0 Å². The molecule has 9 fully saturated rings. The number of hydrogen-bond donors (Lipinski definition) is 16. The van der Waals surface area contributed by atoms with Crippen molar-refractivity contribution in [1.82, 2.24) is 15.5 Å².